The molecule has 1 aromatic heterocycles. The van der Waals surface area contributed by atoms with Gasteiger partial charge in [-0.15, -0.1) is 0 Å². The van der Waals surface area contributed by atoms with E-state index in [1.807, 2.05) is 30.3 Å². The van der Waals surface area contributed by atoms with Crippen molar-refractivity contribution in [2.24, 2.45) is 0 Å². The highest BCUT2D eigenvalue weighted by atomic mass is 16.3. The number of rotatable bonds is 5. The van der Waals surface area contributed by atoms with Gasteiger partial charge in [-0.25, -0.2) is 4.98 Å². The van der Waals surface area contributed by atoms with Crippen LogP contribution in [0.1, 0.15) is 0 Å². The lowest BCUT2D eigenvalue weighted by Crippen LogP contribution is -2.10. The van der Waals surface area contributed by atoms with Crippen molar-refractivity contribution in [3.63, 3.8) is 0 Å². The Hall–Kier alpha value is -6.71. The van der Waals surface area contributed by atoms with E-state index in [9.17, 15) is 0 Å². The molecule has 0 N–H and O–H groups in total. The summed E-state index contributed by atoms with van der Waals surface area (Å²) in [6.07, 6.45) is 0. The number of benzene rings is 9. The molecule has 10 aromatic rings. The molecule has 0 radical (unpaired) electrons. The smallest absolute Gasteiger partial charge is 0.227 e. The van der Waals surface area contributed by atoms with E-state index in [1.54, 1.807) is 0 Å². The van der Waals surface area contributed by atoms with Gasteiger partial charge in [0.05, 0.1) is 0 Å². The van der Waals surface area contributed by atoms with Gasteiger partial charge >= 0.3 is 0 Å². The van der Waals surface area contributed by atoms with Gasteiger partial charge in [0.1, 0.15) is 5.52 Å². The minimum atomic E-state index is 0.633. The third-order valence-electron chi connectivity index (χ3n) is 9.83. The van der Waals surface area contributed by atoms with Crippen LogP contribution in [0.4, 0.5) is 17.1 Å². The lowest BCUT2D eigenvalue weighted by atomic mass is 9.94. The normalized spacial score (nSPS) is 11.6. The molecule has 0 fully saturated rings. The zero-order chi connectivity index (χ0) is 33.0. The lowest BCUT2D eigenvalue weighted by molar-refractivity contribution is 0.623. The standard InChI is InChI=1S/C47H30N2O/c1-3-11-31(12-4-1)33-19-24-37(25-20-33)49(38-26-21-32-13-7-8-16-36(32)29-38)39-27-22-34-23-28-42-44(43(34)30-39)40-17-9-10-18-41(40)46-45(42)48-47(50-46)35-14-5-2-6-15-35/h1-30H. The molecule has 10 rings (SSSR count). The molecular weight excluding hydrogens is 609 g/mol. The minimum absolute atomic E-state index is 0.633. The Morgan fingerprint density at radius 2 is 0.960 bits per heavy atom. The van der Waals surface area contributed by atoms with Crippen LogP contribution < -0.4 is 4.90 Å². The second-order valence-electron chi connectivity index (χ2n) is 12.8. The maximum absolute atomic E-state index is 6.52. The van der Waals surface area contributed by atoms with Crippen LogP contribution in [0.3, 0.4) is 0 Å². The molecule has 3 nitrogen and oxygen atoms in total. The Balaban J connectivity index is 1.22. The van der Waals surface area contributed by atoms with E-state index < -0.39 is 0 Å². The molecule has 50 heavy (non-hydrogen) atoms. The fourth-order valence-electron chi connectivity index (χ4n) is 7.42. The van der Waals surface area contributed by atoms with E-state index in [0.717, 1.165) is 49.9 Å². The SMILES string of the molecule is c1ccc(-c2ccc(N(c3ccc4ccccc4c3)c3ccc4ccc5c6nc(-c7ccccc7)oc6c6ccccc6c5c4c3)cc2)cc1. The van der Waals surface area contributed by atoms with Crippen LogP contribution in [0.5, 0.6) is 0 Å². The maximum atomic E-state index is 6.52. The average Bonchev–Trinajstić information content (AvgIpc) is 3.65. The summed E-state index contributed by atoms with van der Waals surface area (Å²) in [7, 11) is 0. The van der Waals surface area contributed by atoms with Crippen molar-refractivity contribution in [2.45, 2.75) is 0 Å². The molecule has 0 aliphatic heterocycles. The number of oxazole rings is 1. The minimum Gasteiger partial charge on any atom is -0.435 e. The molecule has 0 unspecified atom stereocenters. The highest BCUT2D eigenvalue weighted by molar-refractivity contribution is 6.30. The summed E-state index contributed by atoms with van der Waals surface area (Å²) >= 11 is 0. The van der Waals surface area contributed by atoms with Gasteiger partial charge in [0.25, 0.3) is 0 Å². The molecule has 3 heteroatoms. The lowest BCUT2D eigenvalue weighted by Gasteiger charge is -2.26. The first-order valence-corrected chi connectivity index (χ1v) is 17.0. The summed E-state index contributed by atoms with van der Waals surface area (Å²) in [6.45, 7) is 0. The third kappa shape index (κ3) is 4.63. The maximum Gasteiger partial charge on any atom is 0.227 e. The van der Waals surface area contributed by atoms with E-state index in [1.165, 1.54) is 38.1 Å². The fourth-order valence-corrected chi connectivity index (χ4v) is 7.42. The van der Waals surface area contributed by atoms with Crippen molar-refractivity contribution in [1.29, 1.82) is 0 Å². The molecule has 0 aliphatic carbocycles. The summed E-state index contributed by atoms with van der Waals surface area (Å²) < 4.78 is 6.52. The molecule has 0 aliphatic rings. The highest BCUT2D eigenvalue weighted by Crippen LogP contribution is 2.43. The van der Waals surface area contributed by atoms with Gasteiger partial charge in [-0.05, 0) is 92.0 Å². The van der Waals surface area contributed by atoms with Crippen molar-refractivity contribution in [3.8, 4) is 22.6 Å². The number of hydrogen-bond donors (Lipinski definition) is 0. The van der Waals surface area contributed by atoms with Crippen LogP contribution in [0.25, 0.3) is 76.8 Å². The van der Waals surface area contributed by atoms with Crippen LogP contribution in [0, 0.1) is 0 Å². The molecule has 9 aromatic carbocycles. The van der Waals surface area contributed by atoms with Gasteiger partial charge in [0.2, 0.25) is 5.89 Å². The van der Waals surface area contributed by atoms with E-state index in [-0.39, 0.29) is 0 Å². The molecule has 0 bridgehead atoms. The van der Waals surface area contributed by atoms with Crippen molar-refractivity contribution in [1.82, 2.24) is 4.98 Å². The van der Waals surface area contributed by atoms with Gasteiger partial charge in [0, 0.05) is 33.4 Å². The van der Waals surface area contributed by atoms with Crippen molar-refractivity contribution in [2.75, 3.05) is 4.90 Å². The Morgan fingerprint density at radius 1 is 0.380 bits per heavy atom. The fraction of sp³-hybridized carbons (Fsp3) is 0. The topological polar surface area (TPSA) is 29.3 Å². The number of nitrogens with zero attached hydrogens (tertiary/aromatic N) is 2. The summed E-state index contributed by atoms with van der Waals surface area (Å²) in [6, 6.07) is 64.6. The van der Waals surface area contributed by atoms with Gasteiger partial charge in [-0.3, -0.25) is 0 Å². The first-order valence-electron chi connectivity index (χ1n) is 17.0. The van der Waals surface area contributed by atoms with Crippen molar-refractivity contribution >= 4 is 71.3 Å². The van der Waals surface area contributed by atoms with Crippen LogP contribution in [-0.2, 0) is 0 Å². The Bertz CT molecular complexity index is 2860. The molecule has 0 amide bonds. The first kappa shape index (κ1) is 28.3. The molecule has 234 valence electrons. The van der Waals surface area contributed by atoms with Crippen molar-refractivity contribution < 1.29 is 4.42 Å². The zero-order valence-electron chi connectivity index (χ0n) is 27.1. The summed E-state index contributed by atoms with van der Waals surface area (Å²) in [4.78, 5) is 7.47. The van der Waals surface area contributed by atoms with Gasteiger partial charge in [0.15, 0.2) is 5.58 Å². The molecule has 0 spiro atoms. The summed E-state index contributed by atoms with van der Waals surface area (Å²) in [5.41, 5.74) is 8.34. The number of anilines is 3. The van der Waals surface area contributed by atoms with Gasteiger partial charge in [-0.2, -0.15) is 0 Å². The Morgan fingerprint density at radius 3 is 1.74 bits per heavy atom. The molecule has 0 saturated heterocycles. The zero-order valence-corrected chi connectivity index (χ0v) is 27.1. The van der Waals surface area contributed by atoms with Crippen LogP contribution in [0.15, 0.2) is 186 Å². The molecule has 1 heterocycles. The van der Waals surface area contributed by atoms with E-state index in [0.29, 0.717) is 5.89 Å². The largest absolute Gasteiger partial charge is 0.435 e. The number of hydrogen-bond acceptors (Lipinski definition) is 3. The van der Waals surface area contributed by atoms with E-state index in [4.69, 9.17) is 9.40 Å². The van der Waals surface area contributed by atoms with Gasteiger partial charge in [-0.1, -0.05) is 133 Å². The van der Waals surface area contributed by atoms with Crippen molar-refractivity contribution in [3.05, 3.63) is 182 Å². The average molecular weight is 639 g/mol. The highest BCUT2D eigenvalue weighted by Gasteiger charge is 2.19. The van der Waals surface area contributed by atoms with Crippen LogP contribution >= 0.6 is 0 Å². The molecular formula is C47H30N2O. The Labute approximate surface area is 289 Å². The van der Waals surface area contributed by atoms with Crippen LogP contribution in [0.2, 0.25) is 0 Å². The summed E-state index contributed by atoms with van der Waals surface area (Å²) in [5.74, 6) is 0.633. The molecule has 0 atom stereocenters. The number of fused-ring (bicyclic) bond motifs is 9. The van der Waals surface area contributed by atoms with E-state index >= 15 is 0 Å². The predicted molar refractivity (Wildman–Crippen MR) is 210 cm³/mol. The quantitative estimate of drug-likeness (QED) is 0.176. The molecule has 0 saturated carbocycles. The monoisotopic (exact) mass is 638 g/mol. The number of aromatic nitrogens is 1. The Kier molecular flexibility index (Phi) is 6.49. The van der Waals surface area contributed by atoms with E-state index in [2.05, 4.69) is 157 Å². The summed E-state index contributed by atoms with van der Waals surface area (Å²) in [5, 5.41) is 9.25. The predicted octanol–water partition coefficient (Wildman–Crippen LogP) is 13.2. The first-order chi connectivity index (χ1) is 24.8. The third-order valence-corrected chi connectivity index (χ3v) is 9.83. The van der Waals surface area contributed by atoms with Crippen LogP contribution in [-0.4, -0.2) is 4.98 Å². The second kappa shape index (κ2) is 11.5. The van der Waals surface area contributed by atoms with Gasteiger partial charge < -0.3 is 9.32 Å². The second-order valence-corrected chi connectivity index (χ2v) is 12.8.